The van der Waals surface area contributed by atoms with Crippen molar-refractivity contribution in [1.29, 1.82) is 0 Å². The van der Waals surface area contributed by atoms with E-state index in [0.717, 1.165) is 4.57 Å². The van der Waals surface area contributed by atoms with Crippen LogP contribution in [-0.4, -0.2) is 28.4 Å². The number of aromatic amines is 1. The minimum atomic E-state index is -4.24. The van der Waals surface area contributed by atoms with E-state index in [1.807, 2.05) is 41.5 Å². The predicted octanol–water partition coefficient (Wildman–Crippen LogP) is 4.94. The van der Waals surface area contributed by atoms with Gasteiger partial charge >= 0.3 is 13.5 Å². The lowest BCUT2D eigenvalue weighted by Gasteiger charge is -2.33. The normalized spacial score (nSPS) is 26.1. The molecule has 1 unspecified atom stereocenters. The van der Waals surface area contributed by atoms with Crippen molar-refractivity contribution >= 4 is 7.82 Å². The van der Waals surface area contributed by atoms with Gasteiger partial charge in [0.05, 0.1) is 18.8 Å². The summed E-state index contributed by atoms with van der Waals surface area (Å²) >= 11 is 0. The highest BCUT2D eigenvalue weighted by molar-refractivity contribution is 7.49. The molecule has 37 heavy (non-hydrogen) atoms. The molecule has 1 fully saturated rings. The number of phosphoric acid groups is 1. The molecule has 12 heteroatoms. The number of halogens is 2. The molecule has 1 aromatic carbocycles. The van der Waals surface area contributed by atoms with E-state index in [1.165, 1.54) is 13.1 Å². The van der Waals surface area contributed by atoms with Crippen molar-refractivity contribution in [2.24, 2.45) is 0 Å². The Morgan fingerprint density at radius 3 is 2.43 bits per heavy atom. The van der Waals surface area contributed by atoms with Gasteiger partial charge in [0.15, 0.2) is 0 Å². The molecule has 2 aliphatic heterocycles. The molecule has 3 heterocycles. The van der Waals surface area contributed by atoms with Crippen LogP contribution in [0.5, 0.6) is 5.75 Å². The van der Waals surface area contributed by atoms with Gasteiger partial charge in [-0.1, -0.05) is 41.5 Å². The van der Waals surface area contributed by atoms with Gasteiger partial charge in [-0.05, 0) is 29.4 Å². The number of H-pyrrole nitrogens is 1. The largest absolute Gasteiger partial charge is 0.530 e. The Morgan fingerprint density at radius 2 is 1.81 bits per heavy atom. The third-order valence-corrected chi connectivity index (χ3v) is 7.83. The van der Waals surface area contributed by atoms with Crippen LogP contribution in [0.4, 0.5) is 8.78 Å². The number of aryl methyl sites for hydroxylation is 1. The first kappa shape index (κ1) is 27.7. The fourth-order valence-electron chi connectivity index (χ4n) is 4.35. The van der Waals surface area contributed by atoms with Crippen LogP contribution >= 0.6 is 7.82 Å². The van der Waals surface area contributed by atoms with E-state index in [1.54, 1.807) is 6.07 Å². The molecule has 2 aliphatic rings. The zero-order chi connectivity index (χ0) is 27.5. The lowest BCUT2D eigenvalue weighted by atomic mass is 9.78. The number of hydrogen-bond donors (Lipinski definition) is 1. The Morgan fingerprint density at radius 1 is 1.16 bits per heavy atom. The van der Waals surface area contributed by atoms with Gasteiger partial charge < -0.3 is 9.26 Å². The lowest BCUT2D eigenvalue weighted by molar-refractivity contribution is -0.0371. The fourth-order valence-corrected chi connectivity index (χ4v) is 5.58. The van der Waals surface area contributed by atoms with Crippen LogP contribution in [0.15, 0.2) is 21.9 Å². The number of benzene rings is 1. The molecule has 0 aliphatic carbocycles. The summed E-state index contributed by atoms with van der Waals surface area (Å²) in [4.78, 5) is 25.9. The van der Waals surface area contributed by atoms with Crippen molar-refractivity contribution < 1.29 is 31.7 Å². The second-order valence-corrected chi connectivity index (χ2v) is 13.2. The van der Waals surface area contributed by atoms with E-state index >= 15 is 4.39 Å². The van der Waals surface area contributed by atoms with Crippen molar-refractivity contribution in [2.45, 2.75) is 90.8 Å². The SMILES string of the molecule is Cc1cn([C@H]2C[C@H](F)[C@@H](COP3(=O)OCc4c(F)c(C(C)(C)C)cc(C(C)(C)C)c4O3)O2)c(=O)[nH]c1=O. The summed E-state index contributed by atoms with van der Waals surface area (Å²) in [5, 5.41) is 0. The monoisotopic (exact) mass is 542 g/mol. The van der Waals surface area contributed by atoms with Crippen molar-refractivity contribution in [3.8, 4) is 5.75 Å². The maximum Gasteiger partial charge on any atom is 0.530 e. The summed E-state index contributed by atoms with van der Waals surface area (Å²) in [6, 6.07) is 1.72. The van der Waals surface area contributed by atoms with Crippen molar-refractivity contribution in [1.82, 2.24) is 9.55 Å². The molecule has 1 aromatic heterocycles. The van der Waals surface area contributed by atoms with Gasteiger partial charge in [0, 0.05) is 23.7 Å². The Hall–Kier alpha value is -2.33. The molecule has 0 amide bonds. The summed E-state index contributed by atoms with van der Waals surface area (Å²) in [6.45, 7) is 12.2. The first-order valence-corrected chi connectivity index (χ1v) is 13.5. The maximum absolute atomic E-state index is 15.4. The minimum absolute atomic E-state index is 0.102. The van der Waals surface area contributed by atoms with Crippen LogP contribution < -0.4 is 15.8 Å². The number of nitrogens with zero attached hydrogens (tertiary/aromatic N) is 1. The van der Waals surface area contributed by atoms with Gasteiger partial charge in [-0.3, -0.25) is 23.4 Å². The molecule has 0 saturated carbocycles. The van der Waals surface area contributed by atoms with Crippen molar-refractivity contribution in [3.05, 3.63) is 61.2 Å². The number of rotatable bonds is 4. The molecular formula is C25H33F2N2O7P. The van der Waals surface area contributed by atoms with Gasteiger partial charge in [0.2, 0.25) is 0 Å². The summed E-state index contributed by atoms with van der Waals surface area (Å²) in [5.74, 6) is -0.390. The van der Waals surface area contributed by atoms with Crippen LogP contribution in [0.3, 0.4) is 0 Å². The number of phosphoric ester groups is 1. The zero-order valence-electron chi connectivity index (χ0n) is 22.0. The number of ether oxygens (including phenoxy) is 1. The number of fused-ring (bicyclic) bond motifs is 1. The van der Waals surface area contributed by atoms with Gasteiger partial charge in [-0.2, -0.15) is 0 Å². The summed E-state index contributed by atoms with van der Waals surface area (Å²) in [6.07, 6.45) is -2.60. The van der Waals surface area contributed by atoms with E-state index in [0.29, 0.717) is 11.1 Å². The van der Waals surface area contributed by atoms with Crippen LogP contribution in [0.2, 0.25) is 0 Å². The molecule has 4 rings (SSSR count). The summed E-state index contributed by atoms with van der Waals surface area (Å²) in [7, 11) is -4.24. The Kier molecular flexibility index (Phi) is 7.07. The Balaban J connectivity index is 1.55. The van der Waals surface area contributed by atoms with E-state index < -0.39 is 60.8 Å². The lowest BCUT2D eigenvalue weighted by Crippen LogP contribution is -2.33. The Bertz CT molecular complexity index is 1370. The summed E-state index contributed by atoms with van der Waals surface area (Å²) < 4.78 is 66.8. The first-order chi connectivity index (χ1) is 17.0. The minimum Gasteiger partial charge on any atom is -0.403 e. The molecule has 4 atom stereocenters. The molecule has 1 N–H and O–H groups in total. The number of nitrogens with one attached hydrogen (secondary N) is 1. The first-order valence-electron chi connectivity index (χ1n) is 12.1. The quantitative estimate of drug-likeness (QED) is 0.545. The standard InChI is InChI=1S/C25H33F2N2O7P/c1-13-10-29(23(31)28-22(13)30)19-9-17(26)18(35-19)12-34-37(32)33-11-14-20(27)15(24(2,3)4)8-16(21(14)36-37)25(5,6)7/h8,10,17-19H,9,11-12H2,1-7H3,(H,28,30,31)/t17-,18+,19+,37?/m0/s1. The van der Waals surface area contributed by atoms with E-state index in [-0.39, 0.29) is 29.9 Å². The highest BCUT2D eigenvalue weighted by Gasteiger charge is 2.43. The number of aromatic nitrogens is 2. The number of alkyl halides is 1. The topological polar surface area (TPSA) is 109 Å². The van der Waals surface area contributed by atoms with Crippen LogP contribution in [0.1, 0.15) is 76.4 Å². The fraction of sp³-hybridized carbons (Fsp3) is 0.600. The molecule has 204 valence electrons. The highest BCUT2D eigenvalue weighted by atomic mass is 31.2. The Labute approximate surface area is 213 Å². The molecule has 0 radical (unpaired) electrons. The number of hydrogen-bond acceptors (Lipinski definition) is 7. The molecule has 0 spiro atoms. The zero-order valence-corrected chi connectivity index (χ0v) is 22.9. The van der Waals surface area contributed by atoms with Crippen molar-refractivity contribution in [2.75, 3.05) is 6.61 Å². The summed E-state index contributed by atoms with van der Waals surface area (Å²) in [5.41, 5.74) is -0.689. The van der Waals surface area contributed by atoms with Crippen molar-refractivity contribution in [3.63, 3.8) is 0 Å². The average molecular weight is 543 g/mol. The third kappa shape index (κ3) is 5.46. The van der Waals surface area contributed by atoms with Gasteiger partial charge in [-0.15, -0.1) is 0 Å². The second-order valence-electron chi connectivity index (χ2n) is 11.6. The predicted molar refractivity (Wildman–Crippen MR) is 132 cm³/mol. The van der Waals surface area contributed by atoms with E-state index in [4.69, 9.17) is 18.3 Å². The van der Waals surface area contributed by atoms with Crippen LogP contribution in [-0.2, 0) is 35.8 Å². The molecule has 9 nitrogen and oxygen atoms in total. The highest BCUT2D eigenvalue weighted by Crippen LogP contribution is 2.58. The van der Waals surface area contributed by atoms with Gasteiger partial charge in [0.25, 0.3) is 5.56 Å². The van der Waals surface area contributed by atoms with E-state index in [2.05, 4.69) is 4.98 Å². The van der Waals surface area contributed by atoms with Gasteiger partial charge in [-0.25, -0.2) is 18.1 Å². The third-order valence-electron chi connectivity index (χ3n) is 6.51. The molecular weight excluding hydrogens is 509 g/mol. The molecule has 1 saturated heterocycles. The van der Waals surface area contributed by atoms with Crippen LogP contribution in [0, 0.1) is 12.7 Å². The second kappa shape index (κ2) is 9.45. The maximum atomic E-state index is 15.4. The van der Waals surface area contributed by atoms with E-state index in [9.17, 15) is 18.5 Å². The molecule has 2 aromatic rings. The van der Waals surface area contributed by atoms with Gasteiger partial charge in [0.1, 0.15) is 30.1 Å². The molecule has 0 bridgehead atoms. The average Bonchev–Trinajstić information content (AvgIpc) is 3.13. The van der Waals surface area contributed by atoms with Crippen LogP contribution in [0.25, 0.3) is 0 Å². The smallest absolute Gasteiger partial charge is 0.403 e.